The normalized spacial score (nSPS) is 27.9. The topological polar surface area (TPSA) is 2.70 Å². The third kappa shape index (κ3) is 2.56. The van der Waals surface area contributed by atoms with Gasteiger partial charge in [-0.2, -0.15) is 0 Å². The zero-order valence-corrected chi connectivity index (χ0v) is 14.6. The largest absolute Gasteiger partial charge is 1.00 e. The zero-order chi connectivity index (χ0) is 10.9. The van der Waals surface area contributed by atoms with Gasteiger partial charge in [0.15, 0.2) is 0 Å². The Labute approximate surface area is 118 Å². The summed E-state index contributed by atoms with van der Waals surface area (Å²) in [6, 6.07) is 8.86. The zero-order valence-electron chi connectivity index (χ0n) is 9.71. The number of fused-ring (bicyclic) bond motifs is 1. The predicted molar refractivity (Wildman–Crippen MR) is 71.2 cm³/mol. The van der Waals surface area contributed by atoms with Crippen molar-refractivity contribution in [3.8, 4) is 0 Å². The Hall–Kier alpha value is 0.659. The van der Waals surface area contributed by atoms with E-state index in [4.69, 9.17) is 0 Å². The van der Waals surface area contributed by atoms with Crippen molar-refractivity contribution in [3.63, 3.8) is 0 Å². The molecule has 0 spiro atoms. The summed E-state index contributed by atoms with van der Waals surface area (Å²) >= 11 is 2.29. The van der Waals surface area contributed by atoms with E-state index in [9.17, 15) is 0 Å². The first-order valence-corrected chi connectivity index (χ1v) is 12.2. The van der Waals surface area contributed by atoms with Crippen LogP contribution in [0.15, 0.2) is 24.3 Å². The van der Waals surface area contributed by atoms with Gasteiger partial charge in [0.1, 0.15) is 0 Å². The molecule has 1 unspecified atom stereocenters. The Balaban J connectivity index is 0.00000128. The minimum Gasteiger partial charge on any atom is -1.00 e. The van der Waals surface area contributed by atoms with Crippen molar-refractivity contribution in [2.45, 2.75) is 31.7 Å². The Morgan fingerprint density at radius 3 is 2.75 bits per heavy atom. The number of halogens is 2. The van der Waals surface area contributed by atoms with E-state index in [2.05, 4.69) is 55.9 Å². The number of rotatable bonds is 3. The molecule has 0 aromatic heterocycles. The molecule has 2 rings (SSSR count). The fourth-order valence-corrected chi connectivity index (χ4v) is 10.7. The molecule has 1 atom stereocenters. The van der Waals surface area contributed by atoms with Gasteiger partial charge in [-0.1, -0.05) is 0 Å². The Kier molecular flexibility index (Phi) is 5.53. The molecule has 92 valence electrons. The molecule has 0 saturated carbocycles. The molecule has 1 nitrogen and oxygen atoms in total. The van der Waals surface area contributed by atoms with E-state index in [1.54, 1.807) is 4.46 Å². The number of hydrogen-bond donors (Lipinski definition) is 0. The molecular weight excluding hydrogens is 399 g/mol. The van der Waals surface area contributed by atoms with Crippen LogP contribution in [0.1, 0.15) is 25.3 Å². The van der Waals surface area contributed by atoms with Gasteiger partial charge >= 0.3 is 102 Å². The number of hydrogen-bond acceptors (Lipinski definition) is 0. The molecule has 1 aromatic rings. The number of benzene rings is 1. The fourth-order valence-electron chi connectivity index (χ4n) is 1.97. The SMILES string of the molecule is CCCC[Se]1(Br)c2ccccc2C[O+]1C.[Br-]. The molecule has 1 aliphatic heterocycles. The molecule has 0 fully saturated rings. The smallest absolute Gasteiger partial charge is 1.00 e. The van der Waals surface area contributed by atoms with E-state index in [0.29, 0.717) is 0 Å². The molecular formula is C12H18Br2OSe. The van der Waals surface area contributed by atoms with Crippen molar-refractivity contribution in [1.29, 1.82) is 0 Å². The Bertz CT molecular complexity index is 359. The summed E-state index contributed by atoms with van der Waals surface area (Å²) in [4.78, 5) is 0. The monoisotopic (exact) mass is 416 g/mol. The van der Waals surface area contributed by atoms with Crippen molar-refractivity contribution in [2.24, 2.45) is 0 Å². The van der Waals surface area contributed by atoms with Crippen LogP contribution in [0.25, 0.3) is 0 Å². The summed E-state index contributed by atoms with van der Waals surface area (Å²) in [5.41, 5.74) is 1.50. The van der Waals surface area contributed by atoms with E-state index in [1.165, 1.54) is 23.7 Å². The average molecular weight is 417 g/mol. The van der Waals surface area contributed by atoms with E-state index >= 15 is 0 Å². The quantitative estimate of drug-likeness (QED) is 0.490. The van der Waals surface area contributed by atoms with E-state index in [-0.39, 0.29) is 17.0 Å². The van der Waals surface area contributed by atoms with Crippen LogP contribution in [0.3, 0.4) is 0 Å². The second-order valence-corrected chi connectivity index (χ2v) is 14.9. The standard InChI is InChI=1S/C12H18BrOSe.BrH/c1-3-4-9-15(13)12-8-6-5-7-11(12)10-14(15)2;/h5-8H,3-4,9-10H2,1-2H3;1H/q+1;/p-1. The van der Waals surface area contributed by atoms with Gasteiger partial charge in [-0.05, 0) is 0 Å². The van der Waals surface area contributed by atoms with Crippen molar-refractivity contribution >= 4 is 29.9 Å². The molecule has 16 heavy (non-hydrogen) atoms. The molecule has 1 heterocycles. The van der Waals surface area contributed by atoms with Crippen LogP contribution in [-0.2, 0) is 10.1 Å². The first-order chi connectivity index (χ1) is 7.18. The minimum absolute atomic E-state index is 0. The molecule has 0 saturated heterocycles. The molecule has 1 aromatic carbocycles. The number of unbranched alkanes of at least 4 members (excludes halogenated alkanes) is 1. The van der Waals surface area contributed by atoms with E-state index in [0.717, 1.165) is 6.61 Å². The molecule has 0 aliphatic carbocycles. The van der Waals surface area contributed by atoms with Gasteiger partial charge < -0.3 is 17.0 Å². The Morgan fingerprint density at radius 2 is 2.06 bits per heavy atom. The summed E-state index contributed by atoms with van der Waals surface area (Å²) in [6.45, 7) is 3.31. The van der Waals surface area contributed by atoms with Gasteiger partial charge in [0.05, 0.1) is 0 Å². The summed E-state index contributed by atoms with van der Waals surface area (Å²) in [5.74, 6) is 0. The third-order valence-electron chi connectivity index (χ3n) is 2.87. The van der Waals surface area contributed by atoms with Crippen molar-refractivity contribution in [3.05, 3.63) is 29.8 Å². The van der Waals surface area contributed by atoms with Crippen LogP contribution >= 0.6 is 14.1 Å². The maximum Gasteiger partial charge on any atom is -1.00 e. The third-order valence-corrected chi connectivity index (χ3v) is 14.8. The Morgan fingerprint density at radius 1 is 1.38 bits per heavy atom. The average Bonchev–Trinajstić information content (AvgIpc) is 2.50. The van der Waals surface area contributed by atoms with Crippen molar-refractivity contribution in [2.75, 3.05) is 7.11 Å². The van der Waals surface area contributed by atoms with Gasteiger partial charge in [0, 0.05) is 0 Å². The molecule has 1 aliphatic rings. The van der Waals surface area contributed by atoms with Crippen LogP contribution in [-0.4, -0.2) is 18.5 Å². The summed E-state index contributed by atoms with van der Waals surface area (Å²) in [5, 5.41) is 1.31. The summed E-state index contributed by atoms with van der Waals surface area (Å²) in [6.07, 6.45) is 2.60. The van der Waals surface area contributed by atoms with Gasteiger partial charge in [0.25, 0.3) is 0 Å². The second-order valence-electron chi connectivity index (χ2n) is 3.98. The molecule has 0 N–H and O–H groups in total. The first kappa shape index (κ1) is 14.7. The molecule has 0 amide bonds. The molecule has 0 bridgehead atoms. The maximum absolute atomic E-state index is 4.06. The summed E-state index contributed by atoms with van der Waals surface area (Å²) in [7, 11) is 2.18. The van der Waals surface area contributed by atoms with Gasteiger partial charge in [-0.15, -0.1) is 0 Å². The van der Waals surface area contributed by atoms with Crippen LogP contribution < -0.4 is 21.4 Å². The maximum atomic E-state index is 4.06. The summed E-state index contributed by atoms with van der Waals surface area (Å²) < 4.78 is 4.99. The minimum atomic E-state index is -1.76. The van der Waals surface area contributed by atoms with Crippen LogP contribution in [0, 0.1) is 0 Å². The second kappa shape index (κ2) is 6.01. The van der Waals surface area contributed by atoms with E-state index in [1.807, 2.05) is 0 Å². The van der Waals surface area contributed by atoms with Crippen molar-refractivity contribution < 1.29 is 20.4 Å². The molecule has 0 radical (unpaired) electrons. The molecule has 4 heteroatoms. The van der Waals surface area contributed by atoms with Crippen LogP contribution in [0.2, 0.25) is 5.32 Å². The first-order valence-electron chi connectivity index (χ1n) is 5.40. The van der Waals surface area contributed by atoms with Crippen LogP contribution in [0.4, 0.5) is 0 Å². The van der Waals surface area contributed by atoms with E-state index < -0.39 is 11.4 Å². The van der Waals surface area contributed by atoms with Gasteiger partial charge in [-0.3, -0.25) is 0 Å². The van der Waals surface area contributed by atoms with Crippen LogP contribution in [0.5, 0.6) is 0 Å². The fraction of sp³-hybridized carbons (Fsp3) is 0.500. The van der Waals surface area contributed by atoms with Gasteiger partial charge in [-0.25, -0.2) is 0 Å². The van der Waals surface area contributed by atoms with Gasteiger partial charge in [0.2, 0.25) is 0 Å². The predicted octanol–water partition coefficient (Wildman–Crippen LogP) is 0.230. The van der Waals surface area contributed by atoms with Crippen molar-refractivity contribution in [1.82, 2.24) is 0 Å².